The molecule has 0 aromatic carbocycles. The van der Waals surface area contributed by atoms with E-state index in [2.05, 4.69) is 15.0 Å². The molecule has 1 amide bonds. The normalized spacial score (nSPS) is 15.9. The van der Waals surface area contributed by atoms with Gasteiger partial charge in [-0.2, -0.15) is 12.7 Å². The fraction of sp³-hybridized carbons (Fsp3) is 0.600. The maximum Gasteiger partial charge on any atom is 0.409 e. The monoisotopic (exact) mass is 371 g/mol. The number of hydrogen-bond donors (Lipinski definition) is 2. The predicted molar refractivity (Wildman–Crippen MR) is 95.7 cm³/mol. The Hall–Kier alpha value is -2.07. The van der Waals surface area contributed by atoms with Gasteiger partial charge in [0.05, 0.1) is 18.5 Å². The van der Waals surface area contributed by atoms with E-state index in [1.54, 1.807) is 24.0 Å². The molecule has 1 aromatic rings. The number of piperidine rings is 1. The lowest BCUT2D eigenvalue weighted by Crippen LogP contribution is -2.42. The first-order valence-electron chi connectivity index (χ1n) is 8.16. The van der Waals surface area contributed by atoms with Crippen molar-refractivity contribution in [3.63, 3.8) is 0 Å². The largest absolute Gasteiger partial charge is 0.450 e. The van der Waals surface area contributed by atoms with Crippen molar-refractivity contribution >= 4 is 27.8 Å². The fourth-order valence-corrected chi connectivity index (χ4v) is 3.01. The summed E-state index contributed by atoms with van der Waals surface area (Å²) in [6.45, 7) is 3.44. The van der Waals surface area contributed by atoms with E-state index >= 15 is 0 Å². The molecule has 1 fully saturated rings. The van der Waals surface area contributed by atoms with Crippen LogP contribution < -0.4 is 10.0 Å². The Kier molecular flexibility index (Phi) is 6.43. The molecular weight excluding hydrogens is 346 g/mol. The Labute approximate surface area is 148 Å². The maximum absolute atomic E-state index is 11.8. The fourth-order valence-electron chi connectivity index (χ4n) is 2.41. The number of anilines is 2. The molecule has 2 rings (SSSR count). The zero-order chi connectivity index (χ0) is 18.4. The number of nitrogens with zero attached hydrogens (tertiary/aromatic N) is 3. The molecule has 1 aliphatic rings. The molecule has 0 aliphatic carbocycles. The van der Waals surface area contributed by atoms with Gasteiger partial charge in [-0.3, -0.25) is 4.72 Å². The van der Waals surface area contributed by atoms with Gasteiger partial charge in [-0.25, -0.2) is 9.78 Å². The van der Waals surface area contributed by atoms with Gasteiger partial charge in [0.15, 0.2) is 0 Å². The van der Waals surface area contributed by atoms with Gasteiger partial charge in [-0.15, -0.1) is 0 Å². The summed E-state index contributed by atoms with van der Waals surface area (Å²) in [6.07, 6.45) is 2.80. The van der Waals surface area contributed by atoms with Gasteiger partial charge in [0.25, 0.3) is 0 Å². The number of rotatable bonds is 6. The molecule has 2 N–H and O–H groups in total. The molecule has 2 heterocycles. The summed E-state index contributed by atoms with van der Waals surface area (Å²) in [5, 5.41) is 3.31. The van der Waals surface area contributed by atoms with E-state index in [4.69, 9.17) is 4.74 Å². The van der Waals surface area contributed by atoms with E-state index < -0.39 is 10.2 Å². The third-order valence-electron chi connectivity index (χ3n) is 3.86. The van der Waals surface area contributed by atoms with Crippen molar-refractivity contribution in [3.05, 3.63) is 18.3 Å². The molecule has 9 nitrogen and oxygen atoms in total. The summed E-state index contributed by atoms with van der Waals surface area (Å²) in [7, 11) is -0.631. The first kappa shape index (κ1) is 19.3. The molecule has 1 aromatic heterocycles. The van der Waals surface area contributed by atoms with E-state index in [9.17, 15) is 13.2 Å². The number of aromatic nitrogens is 1. The molecule has 1 saturated heterocycles. The molecule has 10 heteroatoms. The van der Waals surface area contributed by atoms with E-state index in [0.29, 0.717) is 31.2 Å². The van der Waals surface area contributed by atoms with Crippen LogP contribution in [0.5, 0.6) is 0 Å². The zero-order valence-electron chi connectivity index (χ0n) is 14.7. The Morgan fingerprint density at radius 2 is 2.04 bits per heavy atom. The smallest absolute Gasteiger partial charge is 0.409 e. The Morgan fingerprint density at radius 3 is 2.56 bits per heavy atom. The number of likely N-dealkylation sites (tertiary alicyclic amines) is 1. The van der Waals surface area contributed by atoms with Gasteiger partial charge in [-0.1, -0.05) is 0 Å². The first-order valence-corrected chi connectivity index (χ1v) is 9.60. The van der Waals surface area contributed by atoms with E-state index in [1.165, 1.54) is 20.3 Å². The molecule has 0 atom stereocenters. The third-order valence-corrected chi connectivity index (χ3v) is 5.32. The topological polar surface area (TPSA) is 104 Å². The highest BCUT2D eigenvalue weighted by Gasteiger charge is 2.23. The summed E-state index contributed by atoms with van der Waals surface area (Å²) >= 11 is 0. The average Bonchev–Trinajstić information content (AvgIpc) is 2.57. The Morgan fingerprint density at radius 1 is 1.36 bits per heavy atom. The van der Waals surface area contributed by atoms with Gasteiger partial charge >= 0.3 is 16.3 Å². The van der Waals surface area contributed by atoms with Gasteiger partial charge in [0.2, 0.25) is 0 Å². The molecule has 140 valence electrons. The number of carbonyl (C=O) groups excluding carboxylic acids is 1. The van der Waals surface area contributed by atoms with Crippen LogP contribution in [-0.2, 0) is 14.9 Å². The summed E-state index contributed by atoms with van der Waals surface area (Å²) < 4.78 is 32.0. The molecule has 0 spiro atoms. The van der Waals surface area contributed by atoms with Crippen molar-refractivity contribution in [2.45, 2.75) is 25.8 Å². The summed E-state index contributed by atoms with van der Waals surface area (Å²) in [6, 6.07) is 3.59. The molecular formula is C15H25N5O4S. The second-order valence-corrected chi connectivity index (χ2v) is 7.81. The van der Waals surface area contributed by atoms with Crippen molar-refractivity contribution in [2.24, 2.45) is 0 Å². The van der Waals surface area contributed by atoms with Crippen molar-refractivity contribution in [1.29, 1.82) is 0 Å². The number of nitrogens with one attached hydrogen (secondary N) is 2. The number of pyridine rings is 1. The minimum Gasteiger partial charge on any atom is -0.450 e. The van der Waals surface area contributed by atoms with Crippen molar-refractivity contribution < 1.29 is 17.9 Å². The molecule has 25 heavy (non-hydrogen) atoms. The highest BCUT2D eigenvalue weighted by molar-refractivity contribution is 7.90. The number of ether oxygens (including phenoxy) is 1. The van der Waals surface area contributed by atoms with E-state index in [0.717, 1.165) is 17.1 Å². The lowest BCUT2D eigenvalue weighted by molar-refractivity contribution is 0.0983. The van der Waals surface area contributed by atoms with Crippen LogP contribution in [0.3, 0.4) is 0 Å². The first-order chi connectivity index (χ1) is 11.8. The van der Waals surface area contributed by atoms with E-state index in [1.807, 2.05) is 0 Å². The Balaban J connectivity index is 1.85. The number of carbonyl (C=O) groups is 1. The standard InChI is InChI=1S/C15H25N5O4S/c1-4-24-15(21)20-9-7-12(8-10-20)17-14-6-5-13(11-16-14)18-25(22,23)19(2)3/h5-6,11-12,18H,4,7-10H2,1-3H3,(H,16,17). The van der Waals surface area contributed by atoms with Crippen molar-refractivity contribution in [2.75, 3.05) is 43.8 Å². The van der Waals surface area contributed by atoms with Crippen LogP contribution in [-0.4, -0.2) is 68.5 Å². The minimum atomic E-state index is -3.54. The molecule has 0 bridgehead atoms. The van der Waals surface area contributed by atoms with Gasteiger partial charge in [0, 0.05) is 33.2 Å². The summed E-state index contributed by atoms with van der Waals surface area (Å²) in [5.41, 5.74) is 0.399. The van der Waals surface area contributed by atoms with Crippen LogP contribution in [0, 0.1) is 0 Å². The van der Waals surface area contributed by atoms with Crippen LogP contribution in [0.2, 0.25) is 0 Å². The lowest BCUT2D eigenvalue weighted by Gasteiger charge is -2.31. The summed E-state index contributed by atoms with van der Waals surface area (Å²) in [4.78, 5) is 17.6. The van der Waals surface area contributed by atoms with Crippen molar-refractivity contribution in [1.82, 2.24) is 14.2 Å². The molecule has 0 radical (unpaired) electrons. The average molecular weight is 371 g/mol. The summed E-state index contributed by atoms with van der Waals surface area (Å²) in [5.74, 6) is 0.669. The molecule has 0 saturated carbocycles. The SMILES string of the molecule is CCOC(=O)N1CCC(Nc2ccc(NS(=O)(=O)N(C)C)cn2)CC1. The third kappa shape index (κ3) is 5.46. The highest BCUT2D eigenvalue weighted by Crippen LogP contribution is 2.17. The quantitative estimate of drug-likeness (QED) is 0.782. The number of hydrogen-bond acceptors (Lipinski definition) is 6. The van der Waals surface area contributed by atoms with Gasteiger partial charge in [0.1, 0.15) is 5.82 Å². The zero-order valence-corrected chi connectivity index (χ0v) is 15.5. The van der Waals surface area contributed by atoms with Crippen LogP contribution >= 0.6 is 0 Å². The van der Waals surface area contributed by atoms with Gasteiger partial charge < -0.3 is 15.0 Å². The Bertz CT molecular complexity index is 670. The number of amides is 1. The van der Waals surface area contributed by atoms with Gasteiger partial charge in [-0.05, 0) is 31.9 Å². The molecule has 1 aliphatic heterocycles. The van der Waals surface area contributed by atoms with Crippen LogP contribution in [0.25, 0.3) is 0 Å². The second-order valence-electron chi connectivity index (χ2n) is 5.93. The van der Waals surface area contributed by atoms with Crippen LogP contribution in [0.15, 0.2) is 18.3 Å². The van der Waals surface area contributed by atoms with E-state index in [-0.39, 0.29) is 12.1 Å². The maximum atomic E-state index is 11.8. The second kappa shape index (κ2) is 8.34. The molecule has 0 unspecified atom stereocenters. The van der Waals surface area contributed by atoms with Crippen LogP contribution in [0.1, 0.15) is 19.8 Å². The minimum absolute atomic E-state index is 0.211. The van der Waals surface area contributed by atoms with Crippen LogP contribution in [0.4, 0.5) is 16.3 Å². The highest BCUT2D eigenvalue weighted by atomic mass is 32.2. The predicted octanol–water partition coefficient (Wildman–Crippen LogP) is 1.33. The van der Waals surface area contributed by atoms with Crippen molar-refractivity contribution in [3.8, 4) is 0 Å². The lowest BCUT2D eigenvalue weighted by atomic mass is 10.1.